The summed E-state index contributed by atoms with van der Waals surface area (Å²) >= 11 is 0. The number of rotatable bonds is 5. The summed E-state index contributed by atoms with van der Waals surface area (Å²) in [6, 6.07) is 12.4. The maximum absolute atomic E-state index is 9.93. The second-order valence-corrected chi connectivity index (χ2v) is 9.62. The van der Waals surface area contributed by atoms with Crippen molar-refractivity contribution >= 4 is 23.2 Å². The molecule has 1 unspecified atom stereocenters. The number of aliphatic imine (C=N–C) groups is 1. The number of nitrogens with zero attached hydrogens (tertiary/aromatic N) is 6. The van der Waals surface area contributed by atoms with Gasteiger partial charge < -0.3 is 19.7 Å². The molecule has 0 radical (unpaired) electrons. The Hall–Kier alpha value is -3.94. The van der Waals surface area contributed by atoms with Crippen LogP contribution in [-0.2, 0) is 9.47 Å². The molecule has 1 atom stereocenters. The lowest BCUT2D eigenvalue weighted by Gasteiger charge is -2.40. The Morgan fingerprint density at radius 3 is 2.62 bits per heavy atom. The van der Waals surface area contributed by atoms with Gasteiger partial charge in [-0.2, -0.15) is 5.26 Å². The topological polar surface area (TPSA) is 111 Å². The lowest BCUT2D eigenvalue weighted by Crippen LogP contribution is -2.45. The average molecular weight is 499 g/mol. The minimum atomic E-state index is -0.423. The molecule has 190 valence electrons. The average Bonchev–Trinajstić information content (AvgIpc) is 3.58. The van der Waals surface area contributed by atoms with E-state index in [1.807, 2.05) is 48.3 Å². The van der Waals surface area contributed by atoms with Gasteiger partial charge >= 0.3 is 0 Å². The molecule has 37 heavy (non-hydrogen) atoms. The number of benzene rings is 1. The number of hydrogen-bond acceptors (Lipinski definition) is 10. The van der Waals surface area contributed by atoms with Gasteiger partial charge in [0.05, 0.1) is 35.9 Å². The minimum Gasteiger partial charge on any atom is -0.370 e. The van der Waals surface area contributed by atoms with E-state index in [1.165, 1.54) is 0 Å². The highest BCUT2D eigenvalue weighted by molar-refractivity contribution is 5.83. The van der Waals surface area contributed by atoms with E-state index in [0.717, 1.165) is 61.0 Å². The predicted octanol–water partition coefficient (Wildman–Crippen LogP) is 3.58. The third-order valence-corrected chi connectivity index (χ3v) is 7.25. The Morgan fingerprint density at radius 2 is 1.92 bits per heavy atom. The van der Waals surface area contributed by atoms with E-state index in [2.05, 4.69) is 37.8 Å². The molecular formula is C27H30N8O2. The molecule has 3 aliphatic heterocycles. The van der Waals surface area contributed by atoms with Crippen LogP contribution in [0.2, 0.25) is 0 Å². The van der Waals surface area contributed by atoms with Gasteiger partial charge in [0, 0.05) is 43.7 Å². The quantitative estimate of drug-likeness (QED) is 0.639. The van der Waals surface area contributed by atoms with Crippen molar-refractivity contribution in [1.82, 2.24) is 20.3 Å². The molecule has 10 heteroatoms. The van der Waals surface area contributed by atoms with Gasteiger partial charge in [-0.3, -0.25) is 10.4 Å². The normalized spacial score (nSPS) is 22.7. The molecule has 2 aromatic rings. The summed E-state index contributed by atoms with van der Waals surface area (Å²) in [5.41, 5.74) is 7.74. The molecule has 0 bridgehead atoms. The highest BCUT2D eigenvalue weighted by Gasteiger charge is 2.40. The Bertz CT molecular complexity index is 1280. The molecule has 1 aromatic heterocycles. The number of allylic oxidation sites excluding steroid dienone is 3. The minimum absolute atomic E-state index is 0.0199. The zero-order valence-corrected chi connectivity index (χ0v) is 20.9. The lowest BCUT2D eigenvalue weighted by molar-refractivity contribution is -0.182. The third kappa shape index (κ3) is 4.88. The zero-order chi connectivity index (χ0) is 25.2. The zero-order valence-electron chi connectivity index (χ0n) is 20.9. The van der Waals surface area contributed by atoms with Gasteiger partial charge in [-0.05, 0) is 43.7 Å². The molecule has 10 nitrogen and oxygen atoms in total. The number of piperidine rings is 1. The van der Waals surface area contributed by atoms with Crippen molar-refractivity contribution < 1.29 is 9.47 Å². The first kappa shape index (κ1) is 23.5. The van der Waals surface area contributed by atoms with Crippen LogP contribution in [0.25, 0.3) is 0 Å². The van der Waals surface area contributed by atoms with Crippen molar-refractivity contribution in [2.45, 2.75) is 37.9 Å². The first-order chi connectivity index (χ1) is 18.1. The molecule has 0 saturated carbocycles. The summed E-state index contributed by atoms with van der Waals surface area (Å²) in [5.74, 6) is 1.03. The number of hydrogen-bond donors (Lipinski definition) is 2. The van der Waals surface area contributed by atoms with Crippen LogP contribution in [0.3, 0.4) is 0 Å². The van der Waals surface area contributed by atoms with Gasteiger partial charge in [-0.15, -0.1) is 0 Å². The van der Waals surface area contributed by atoms with Crippen molar-refractivity contribution in [2.75, 3.05) is 43.3 Å². The smallest absolute Gasteiger partial charge is 0.227 e. The number of amidine groups is 1. The molecule has 1 aliphatic carbocycles. The molecule has 2 N–H and O–H groups in total. The fourth-order valence-corrected chi connectivity index (χ4v) is 5.26. The predicted molar refractivity (Wildman–Crippen MR) is 140 cm³/mol. The second-order valence-electron chi connectivity index (χ2n) is 9.62. The van der Waals surface area contributed by atoms with Gasteiger partial charge in [-0.1, -0.05) is 12.2 Å². The van der Waals surface area contributed by atoms with Gasteiger partial charge in [0.25, 0.3) is 0 Å². The lowest BCUT2D eigenvalue weighted by atomic mass is 9.90. The second kappa shape index (κ2) is 9.84. The number of nitriles is 1. The summed E-state index contributed by atoms with van der Waals surface area (Å²) in [6.07, 6.45) is 8.38. The summed E-state index contributed by atoms with van der Waals surface area (Å²) < 4.78 is 11.7. The van der Waals surface area contributed by atoms with Crippen LogP contribution in [-0.4, -0.2) is 59.5 Å². The van der Waals surface area contributed by atoms with E-state index in [0.29, 0.717) is 31.4 Å². The fourth-order valence-electron chi connectivity index (χ4n) is 5.26. The van der Waals surface area contributed by atoms with Crippen molar-refractivity contribution in [2.24, 2.45) is 4.99 Å². The maximum Gasteiger partial charge on any atom is 0.227 e. The Labute approximate surface area is 216 Å². The van der Waals surface area contributed by atoms with Crippen molar-refractivity contribution in [3.63, 3.8) is 0 Å². The third-order valence-electron chi connectivity index (χ3n) is 7.25. The van der Waals surface area contributed by atoms with E-state index in [-0.39, 0.29) is 5.92 Å². The van der Waals surface area contributed by atoms with E-state index >= 15 is 0 Å². The van der Waals surface area contributed by atoms with E-state index in [1.54, 1.807) is 6.20 Å². The van der Waals surface area contributed by atoms with Crippen LogP contribution in [0.4, 0.5) is 17.3 Å². The summed E-state index contributed by atoms with van der Waals surface area (Å²) in [4.78, 5) is 15.8. The summed E-state index contributed by atoms with van der Waals surface area (Å²) in [6.45, 7) is 5.51. The van der Waals surface area contributed by atoms with Crippen molar-refractivity contribution in [1.29, 1.82) is 5.26 Å². The highest BCUT2D eigenvalue weighted by Crippen LogP contribution is 2.36. The van der Waals surface area contributed by atoms with Crippen LogP contribution in [0.1, 0.15) is 37.8 Å². The first-order valence-electron chi connectivity index (χ1n) is 12.7. The molecule has 0 amide bonds. The molecule has 2 saturated heterocycles. The SMILES string of the molecule is CC1=NCN(c2ccc(Nc3nccc(C4C=C(C#N)C(N5CCC6(CC5)OCCO6)=CC4)n3)cc2)N1. The van der Waals surface area contributed by atoms with Crippen LogP contribution < -0.4 is 15.8 Å². The monoisotopic (exact) mass is 498 g/mol. The number of nitrogens with one attached hydrogen (secondary N) is 2. The van der Waals surface area contributed by atoms with Crippen LogP contribution in [0.5, 0.6) is 0 Å². The summed E-state index contributed by atoms with van der Waals surface area (Å²) in [7, 11) is 0. The Kier molecular flexibility index (Phi) is 6.24. The molecule has 1 aromatic carbocycles. The molecule has 2 fully saturated rings. The van der Waals surface area contributed by atoms with Gasteiger partial charge in [0.1, 0.15) is 18.6 Å². The Morgan fingerprint density at radius 1 is 1.14 bits per heavy atom. The van der Waals surface area contributed by atoms with Crippen molar-refractivity contribution in [3.05, 3.63) is 65.6 Å². The van der Waals surface area contributed by atoms with E-state index in [9.17, 15) is 5.26 Å². The fraction of sp³-hybridized carbons (Fsp3) is 0.407. The van der Waals surface area contributed by atoms with Crippen molar-refractivity contribution in [3.8, 4) is 6.07 Å². The van der Waals surface area contributed by atoms with E-state index < -0.39 is 5.79 Å². The van der Waals surface area contributed by atoms with Gasteiger partial charge in [0.2, 0.25) is 5.95 Å². The number of ether oxygens (including phenoxy) is 2. The number of aromatic nitrogens is 2. The largest absolute Gasteiger partial charge is 0.370 e. The van der Waals surface area contributed by atoms with Crippen LogP contribution in [0.15, 0.2) is 64.9 Å². The van der Waals surface area contributed by atoms with Crippen LogP contribution in [0, 0.1) is 11.3 Å². The number of anilines is 3. The van der Waals surface area contributed by atoms with Crippen LogP contribution >= 0.6 is 0 Å². The number of hydrazine groups is 1. The highest BCUT2D eigenvalue weighted by atomic mass is 16.7. The molecule has 4 aliphatic rings. The molecule has 4 heterocycles. The van der Waals surface area contributed by atoms with E-state index in [4.69, 9.17) is 14.5 Å². The maximum atomic E-state index is 9.93. The van der Waals surface area contributed by atoms with Gasteiger partial charge in [-0.25, -0.2) is 15.0 Å². The first-order valence-corrected chi connectivity index (χ1v) is 12.7. The molecule has 6 rings (SSSR count). The molecular weight excluding hydrogens is 468 g/mol. The van der Waals surface area contributed by atoms with Gasteiger partial charge in [0.15, 0.2) is 5.79 Å². The molecule has 1 spiro atoms. The standard InChI is InChI=1S/C27H30N8O2/c1-19-30-18-35(33-19)23-5-3-22(4-6-23)31-26-29-11-8-24(32-26)20-2-7-25(21(16-20)17-28)34-12-9-27(10-13-34)36-14-15-37-27/h3-8,11,16,20H,2,9-10,12-15,18H2,1H3,(H,30,33)(H,29,31,32). The Balaban J connectivity index is 1.11. The number of likely N-dealkylation sites (tertiary alicyclic amines) is 1. The summed E-state index contributed by atoms with van der Waals surface area (Å²) in [5, 5.41) is 15.2.